The van der Waals surface area contributed by atoms with Gasteiger partial charge in [0, 0.05) is 0 Å². The zero-order valence-corrected chi connectivity index (χ0v) is 7.42. The van der Waals surface area contributed by atoms with Gasteiger partial charge in [-0.2, -0.15) is 0 Å². The molecule has 0 aliphatic rings. The summed E-state index contributed by atoms with van der Waals surface area (Å²) in [5.41, 5.74) is 0. The predicted molar refractivity (Wildman–Crippen MR) is 46.0 cm³/mol. The number of amides is 1. The predicted octanol–water partition coefficient (Wildman–Crippen LogP) is 2.80. The number of benzene rings is 1. The Hall–Kier alpha value is -0.930. The van der Waals surface area contributed by atoms with Gasteiger partial charge in [0.15, 0.2) is 5.75 Å². The topological polar surface area (TPSA) is 29.5 Å². The molecule has 64 valence electrons. The highest BCUT2D eigenvalue weighted by Crippen LogP contribution is 2.12. The Labute approximate surface area is 79.5 Å². The first-order valence-electron chi connectivity index (χ1n) is 3.08. The van der Waals surface area contributed by atoms with Crippen LogP contribution in [0, 0.1) is 0 Å². The Bertz CT molecular complexity index is 265. The van der Waals surface area contributed by atoms with E-state index in [1.54, 1.807) is 24.3 Å². The minimum atomic E-state index is -0.888. The molecular formula is C7H5Cl2NO2. The Morgan fingerprint density at radius 2 is 1.92 bits per heavy atom. The van der Waals surface area contributed by atoms with Crippen LogP contribution in [0.3, 0.4) is 0 Å². The number of carbonyl (C=O) groups excluding carboxylic acids is 1. The molecule has 0 aromatic heterocycles. The average Bonchev–Trinajstić information content (AvgIpc) is 2.06. The fourth-order valence-electron chi connectivity index (χ4n) is 0.610. The van der Waals surface area contributed by atoms with Crippen molar-refractivity contribution >= 4 is 28.7 Å². The molecule has 0 fully saturated rings. The first-order chi connectivity index (χ1) is 5.70. The molecule has 12 heavy (non-hydrogen) atoms. The van der Waals surface area contributed by atoms with Crippen LogP contribution in [-0.2, 0) is 0 Å². The van der Waals surface area contributed by atoms with Crippen LogP contribution in [0.5, 0.6) is 5.75 Å². The normalized spacial score (nSPS) is 9.17. The van der Waals surface area contributed by atoms with Crippen molar-refractivity contribution in [3.05, 3.63) is 30.3 Å². The van der Waals surface area contributed by atoms with Gasteiger partial charge >= 0.3 is 5.37 Å². The fourth-order valence-corrected chi connectivity index (χ4v) is 0.724. The molecule has 3 nitrogen and oxygen atoms in total. The molecule has 0 spiro atoms. The van der Waals surface area contributed by atoms with Crippen molar-refractivity contribution in [1.82, 2.24) is 4.58 Å². The van der Waals surface area contributed by atoms with E-state index < -0.39 is 5.37 Å². The third-order valence-corrected chi connectivity index (χ3v) is 1.53. The molecule has 5 heteroatoms. The number of hydrogen-bond donors (Lipinski definition) is 0. The number of halogens is 2. The van der Waals surface area contributed by atoms with E-state index in [4.69, 9.17) is 28.2 Å². The van der Waals surface area contributed by atoms with E-state index in [1.807, 2.05) is 6.07 Å². The molecule has 1 amide bonds. The summed E-state index contributed by atoms with van der Waals surface area (Å²) in [5.74, 6) is 0.446. The first-order valence-corrected chi connectivity index (χ1v) is 3.80. The van der Waals surface area contributed by atoms with Crippen LogP contribution in [0.1, 0.15) is 0 Å². The smallest absolute Gasteiger partial charge is 0.360 e. The summed E-state index contributed by atoms with van der Waals surface area (Å²) in [5, 5.41) is -0.888. The van der Waals surface area contributed by atoms with E-state index in [9.17, 15) is 4.79 Å². The van der Waals surface area contributed by atoms with E-state index in [1.165, 1.54) is 0 Å². The highest BCUT2D eigenvalue weighted by molar-refractivity contribution is 6.65. The van der Waals surface area contributed by atoms with E-state index >= 15 is 0 Å². The monoisotopic (exact) mass is 205 g/mol. The molecule has 0 unspecified atom stereocenters. The summed E-state index contributed by atoms with van der Waals surface area (Å²) in [7, 11) is 0. The molecule has 1 aromatic carbocycles. The summed E-state index contributed by atoms with van der Waals surface area (Å²) in [6, 6.07) is 8.61. The van der Waals surface area contributed by atoms with Crippen LogP contribution in [0.25, 0.3) is 0 Å². The van der Waals surface area contributed by atoms with Gasteiger partial charge in [0.05, 0.1) is 11.8 Å². The van der Waals surface area contributed by atoms with Gasteiger partial charge in [0.25, 0.3) is 0 Å². The number of para-hydroxylation sites is 1. The van der Waals surface area contributed by atoms with Crippen molar-refractivity contribution in [2.24, 2.45) is 0 Å². The van der Waals surface area contributed by atoms with Gasteiger partial charge in [-0.3, -0.25) is 4.79 Å². The van der Waals surface area contributed by atoms with Gasteiger partial charge in [-0.15, -0.1) is 0 Å². The van der Waals surface area contributed by atoms with Gasteiger partial charge < -0.3 is 4.84 Å². The molecule has 0 aliphatic carbocycles. The standard InChI is InChI=1S/C7H5Cl2NO2/c8-7(11)10(9)12-6-4-2-1-3-5-6/h1-5H. The molecular weight excluding hydrogens is 201 g/mol. The SMILES string of the molecule is O=C(Cl)N(Cl)Oc1ccccc1. The lowest BCUT2D eigenvalue weighted by Crippen LogP contribution is -2.18. The van der Waals surface area contributed by atoms with Crippen LogP contribution in [0.15, 0.2) is 30.3 Å². The van der Waals surface area contributed by atoms with Crippen LogP contribution in [-0.4, -0.2) is 9.95 Å². The highest BCUT2D eigenvalue weighted by atomic mass is 35.5. The first kappa shape index (κ1) is 9.16. The molecule has 0 heterocycles. The van der Waals surface area contributed by atoms with E-state index in [0.29, 0.717) is 10.3 Å². The molecule has 0 atom stereocenters. The summed E-state index contributed by atoms with van der Waals surface area (Å²) in [6.07, 6.45) is 0. The van der Waals surface area contributed by atoms with Crippen molar-refractivity contribution in [1.29, 1.82) is 0 Å². The van der Waals surface area contributed by atoms with Gasteiger partial charge in [0.1, 0.15) is 0 Å². The lowest BCUT2D eigenvalue weighted by Gasteiger charge is -2.09. The molecule has 0 saturated heterocycles. The summed E-state index contributed by atoms with van der Waals surface area (Å²) in [6.45, 7) is 0. The largest absolute Gasteiger partial charge is 0.364 e. The molecule has 0 saturated carbocycles. The molecule has 0 bridgehead atoms. The van der Waals surface area contributed by atoms with Crippen molar-refractivity contribution in [3.63, 3.8) is 0 Å². The Morgan fingerprint density at radius 3 is 2.42 bits per heavy atom. The Morgan fingerprint density at radius 1 is 1.33 bits per heavy atom. The van der Waals surface area contributed by atoms with Crippen LogP contribution >= 0.6 is 23.4 Å². The highest BCUT2D eigenvalue weighted by Gasteiger charge is 2.08. The van der Waals surface area contributed by atoms with Gasteiger partial charge in [0.2, 0.25) is 0 Å². The Kier molecular flexibility index (Phi) is 3.19. The summed E-state index contributed by atoms with van der Waals surface area (Å²) < 4.78 is 0.427. The number of rotatable bonds is 2. The average molecular weight is 206 g/mol. The zero-order valence-electron chi connectivity index (χ0n) is 5.91. The quantitative estimate of drug-likeness (QED) is 0.322. The maximum atomic E-state index is 10.4. The van der Waals surface area contributed by atoms with E-state index in [0.717, 1.165) is 0 Å². The molecule has 1 rings (SSSR count). The van der Waals surface area contributed by atoms with Crippen molar-refractivity contribution in [3.8, 4) is 5.75 Å². The van der Waals surface area contributed by atoms with E-state index in [-0.39, 0.29) is 0 Å². The second kappa shape index (κ2) is 4.18. The molecule has 0 N–H and O–H groups in total. The second-order valence-corrected chi connectivity index (χ2v) is 2.53. The Balaban J connectivity index is 2.58. The van der Waals surface area contributed by atoms with Gasteiger partial charge in [-0.1, -0.05) is 22.8 Å². The molecule has 0 radical (unpaired) electrons. The summed E-state index contributed by atoms with van der Waals surface area (Å²) >= 11 is 10.3. The van der Waals surface area contributed by atoms with E-state index in [2.05, 4.69) is 0 Å². The van der Waals surface area contributed by atoms with Crippen LogP contribution < -0.4 is 4.84 Å². The lowest BCUT2D eigenvalue weighted by molar-refractivity contribution is 0.0864. The van der Waals surface area contributed by atoms with Crippen molar-refractivity contribution in [2.75, 3.05) is 0 Å². The number of hydrogen-bond acceptors (Lipinski definition) is 2. The number of nitrogens with zero attached hydrogens (tertiary/aromatic N) is 1. The maximum absolute atomic E-state index is 10.4. The fraction of sp³-hybridized carbons (Fsp3) is 0. The minimum Gasteiger partial charge on any atom is -0.360 e. The van der Waals surface area contributed by atoms with Gasteiger partial charge in [-0.25, -0.2) is 0 Å². The number of hydroxylamine groups is 1. The maximum Gasteiger partial charge on any atom is 0.364 e. The minimum absolute atomic E-state index is 0.427. The number of carbonyl (C=O) groups is 1. The zero-order chi connectivity index (χ0) is 8.97. The molecule has 0 aliphatic heterocycles. The third-order valence-electron chi connectivity index (χ3n) is 1.07. The molecule has 1 aromatic rings. The second-order valence-electron chi connectivity index (χ2n) is 1.90. The van der Waals surface area contributed by atoms with Crippen LogP contribution in [0.4, 0.5) is 4.79 Å². The third kappa shape index (κ3) is 2.60. The van der Waals surface area contributed by atoms with Crippen LogP contribution in [0.2, 0.25) is 0 Å². The van der Waals surface area contributed by atoms with Crippen molar-refractivity contribution in [2.45, 2.75) is 0 Å². The van der Waals surface area contributed by atoms with Crippen molar-refractivity contribution < 1.29 is 9.63 Å². The van der Waals surface area contributed by atoms with Gasteiger partial charge in [-0.05, 0) is 23.7 Å². The lowest BCUT2D eigenvalue weighted by atomic mass is 10.3. The summed E-state index contributed by atoms with van der Waals surface area (Å²) in [4.78, 5) is 15.2.